The molecule has 0 aliphatic carbocycles. The van der Waals surface area contributed by atoms with Crippen LogP contribution < -0.4 is 10.5 Å². The smallest absolute Gasteiger partial charge is 0.122 e. The van der Waals surface area contributed by atoms with Crippen LogP contribution >= 0.6 is 0 Å². The molecule has 2 atom stereocenters. The number of nitrogens with zero attached hydrogens (tertiary/aromatic N) is 2. The third-order valence-corrected chi connectivity index (χ3v) is 4.97. The molecule has 21 heavy (non-hydrogen) atoms. The normalized spacial score (nSPS) is 24.6. The lowest BCUT2D eigenvalue weighted by Crippen LogP contribution is -2.53. The van der Waals surface area contributed by atoms with E-state index in [1.807, 2.05) is 0 Å². The zero-order valence-electron chi connectivity index (χ0n) is 13.2. The molecule has 2 aliphatic heterocycles. The van der Waals surface area contributed by atoms with Gasteiger partial charge in [0.15, 0.2) is 0 Å². The predicted octanol–water partition coefficient (Wildman–Crippen LogP) is 1.65. The van der Waals surface area contributed by atoms with Gasteiger partial charge in [0.2, 0.25) is 0 Å². The molecule has 0 aromatic heterocycles. The first-order valence-corrected chi connectivity index (χ1v) is 8.16. The van der Waals surface area contributed by atoms with E-state index in [2.05, 4.69) is 41.8 Å². The van der Waals surface area contributed by atoms with Crippen molar-refractivity contribution in [3.63, 3.8) is 0 Å². The highest BCUT2D eigenvalue weighted by molar-refractivity contribution is 5.41. The number of likely N-dealkylation sites (N-methyl/N-ethyl adjacent to an activating group) is 1. The van der Waals surface area contributed by atoms with Gasteiger partial charge in [-0.05, 0) is 30.7 Å². The number of hydrogen-bond donors (Lipinski definition) is 1. The van der Waals surface area contributed by atoms with Gasteiger partial charge in [-0.15, -0.1) is 0 Å². The van der Waals surface area contributed by atoms with Crippen LogP contribution in [0.5, 0.6) is 5.75 Å². The predicted molar refractivity (Wildman–Crippen MR) is 85.7 cm³/mol. The highest BCUT2D eigenvalue weighted by Gasteiger charge is 2.28. The Labute approximate surface area is 127 Å². The van der Waals surface area contributed by atoms with Crippen molar-refractivity contribution in [3.8, 4) is 5.75 Å². The summed E-state index contributed by atoms with van der Waals surface area (Å²) in [4.78, 5) is 5.09. The third kappa shape index (κ3) is 2.93. The number of fused-ring (bicyclic) bond motifs is 1. The second-order valence-corrected chi connectivity index (χ2v) is 6.19. The van der Waals surface area contributed by atoms with Gasteiger partial charge in [0, 0.05) is 44.7 Å². The van der Waals surface area contributed by atoms with Crippen LogP contribution in [0.2, 0.25) is 0 Å². The molecule has 0 radical (unpaired) electrons. The lowest BCUT2D eigenvalue weighted by molar-refractivity contribution is 0.0606. The van der Waals surface area contributed by atoms with E-state index in [0.717, 1.165) is 45.0 Å². The van der Waals surface area contributed by atoms with Crippen LogP contribution in [0.1, 0.15) is 31.0 Å². The SMILES string of the molecule is CCN1CCN(C(CN)c2ccc3c(c2)CCO3)CC1C. The number of hydrogen-bond acceptors (Lipinski definition) is 4. The average Bonchev–Trinajstić information content (AvgIpc) is 2.96. The van der Waals surface area contributed by atoms with E-state index in [1.54, 1.807) is 0 Å². The standard InChI is InChI=1S/C17H27N3O/c1-3-19-7-8-20(12-13(19)2)16(11-18)14-4-5-17-15(10-14)6-9-21-17/h4-5,10,13,16H,3,6-9,11-12,18H2,1-2H3. The minimum absolute atomic E-state index is 0.331. The van der Waals surface area contributed by atoms with Gasteiger partial charge < -0.3 is 10.5 Å². The van der Waals surface area contributed by atoms with Crippen molar-refractivity contribution >= 4 is 0 Å². The Balaban J connectivity index is 1.76. The summed E-state index contributed by atoms with van der Waals surface area (Å²) in [7, 11) is 0. The molecule has 0 saturated carbocycles. The fraction of sp³-hybridized carbons (Fsp3) is 0.647. The van der Waals surface area contributed by atoms with E-state index in [4.69, 9.17) is 10.5 Å². The molecule has 3 rings (SSSR count). The molecule has 1 saturated heterocycles. The van der Waals surface area contributed by atoms with E-state index in [9.17, 15) is 0 Å². The molecule has 116 valence electrons. The summed E-state index contributed by atoms with van der Waals surface area (Å²) in [6.07, 6.45) is 1.03. The van der Waals surface area contributed by atoms with Crippen LogP contribution in [-0.4, -0.2) is 55.2 Å². The Hall–Kier alpha value is -1.10. The van der Waals surface area contributed by atoms with Crippen LogP contribution in [0.15, 0.2) is 18.2 Å². The molecule has 1 aromatic rings. The van der Waals surface area contributed by atoms with Crippen LogP contribution in [0.3, 0.4) is 0 Å². The van der Waals surface area contributed by atoms with Gasteiger partial charge in [-0.1, -0.05) is 19.1 Å². The largest absolute Gasteiger partial charge is 0.493 e. The van der Waals surface area contributed by atoms with Crippen LogP contribution in [0.4, 0.5) is 0 Å². The molecule has 2 unspecified atom stereocenters. The first-order chi connectivity index (χ1) is 10.2. The fourth-order valence-electron chi connectivity index (χ4n) is 3.69. The Morgan fingerprint density at radius 1 is 1.38 bits per heavy atom. The second-order valence-electron chi connectivity index (χ2n) is 6.19. The van der Waals surface area contributed by atoms with Crippen molar-refractivity contribution < 1.29 is 4.74 Å². The zero-order chi connectivity index (χ0) is 14.8. The molecule has 4 nitrogen and oxygen atoms in total. The fourth-order valence-corrected chi connectivity index (χ4v) is 3.69. The van der Waals surface area contributed by atoms with Gasteiger partial charge >= 0.3 is 0 Å². The van der Waals surface area contributed by atoms with E-state index in [0.29, 0.717) is 18.6 Å². The van der Waals surface area contributed by atoms with E-state index < -0.39 is 0 Å². The van der Waals surface area contributed by atoms with Crippen molar-refractivity contribution in [2.45, 2.75) is 32.4 Å². The lowest BCUT2D eigenvalue weighted by atomic mass is 9.99. The van der Waals surface area contributed by atoms with Gasteiger partial charge in [0.05, 0.1) is 6.61 Å². The third-order valence-electron chi connectivity index (χ3n) is 4.97. The number of nitrogens with two attached hydrogens (primary N) is 1. The lowest BCUT2D eigenvalue weighted by Gasteiger charge is -2.43. The zero-order valence-corrected chi connectivity index (χ0v) is 13.2. The van der Waals surface area contributed by atoms with E-state index in [-0.39, 0.29) is 0 Å². The summed E-state index contributed by atoms with van der Waals surface area (Å²) >= 11 is 0. The van der Waals surface area contributed by atoms with Gasteiger partial charge in [-0.25, -0.2) is 0 Å². The molecular formula is C17H27N3O. The molecule has 1 aromatic carbocycles. The average molecular weight is 289 g/mol. The Bertz CT molecular complexity index is 491. The monoisotopic (exact) mass is 289 g/mol. The van der Waals surface area contributed by atoms with E-state index >= 15 is 0 Å². The van der Waals surface area contributed by atoms with Crippen molar-refractivity contribution in [2.75, 3.05) is 39.3 Å². The van der Waals surface area contributed by atoms with Crippen molar-refractivity contribution in [3.05, 3.63) is 29.3 Å². The Morgan fingerprint density at radius 2 is 2.24 bits per heavy atom. The van der Waals surface area contributed by atoms with Gasteiger partial charge in [0.1, 0.15) is 5.75 Å². The summed E-state index contributed by atoms with van der Waals surface area (Å²) in [5, 5.41) is 0. The van der Waals surface area contributed by atoms with Gasteiger partial charge in [-0.2, -0.15) is 0 Å². The molecule has 1 fully saturated rings. The number of ether oxygens (including phenoxy) is 1. The molecule has 4 heteroatoms. The molecular weight excluding hydrogens is 262 g/mol. The number of rotatable bonds is 4. The van der Waals surface area contributed by atoms with Gasteiger partial charge in [0.25, 0.3) is 0 Å². The molecule has 2 aliphatic rings. The summed E-state index contributed by atoms with van der Waals surface area (Å²) in [6, 6.07) is 7.55. The maximum absolute atomic E-state index is 6.11. The number of piperazine rings is 1. The molecule has 0 amide bonds. The number of benzene rings is 1. The minimum Gasteiger partial charge on any atom is -0.493 e. The quantitative estimate of drug-likeness (QED) is 0.915. The van der Waals surface area contributed by atoms with Crippen molar-refractivity contribution in [2.24, 2.45) is 5.73 Å². The summed E-state index contributed by atoms with van der Waals surface area (Å²) in [5.74, 6) is 1.05. The topological polar surface area (TPSA) is 41.7 Å². The van der Waals surface area contributed by atoms with Crippen molar-refractivity contribution in [1.82, 2.24) is 9.80 Å². The van der Waals surface area contributed by atoms with Crippen LogP contribution in [0.25, 0.3) is 0 Å². The van der Waals surface area contributed by atoms with E-state index in [1.165, 1.54) is 11.1 Å². The molecule has 2 N–H and O–H groups in total. The van der Waals surface area contributed by atoms with Gasteiger partial charge in [-0.3, -0.25) is 9.80 Å². The minimum atomic E-state index is 0.331. The summed E-state index contributed by atoms with van der Waals surface area (Å²) in [6.45, 7) is 10.5. The highest BCUT2D eigenvalue weighted by atomic mass is 16.5. The first-order valence-electron chi connectivity index (χ1n) is 8.16. The molecule has 2 heterocycles. The van der Waals surface area contributed by atoms with Crippen molar-refractivity contribution in [1.29, 1.82) is 0 Å². The molecule has 0 spiro atoms. The Morgan fingerprint density at radius 3 is 2.95 bits per heavy atom. The second kappa shape index (κ2) is 6.34. The van der Waals surface area contributed by atoms with Crippen LogP contribution in [0, 0.1) is 0 Å². The Kier molecular flexibility index (Phi) is 4.48. The molecule has 0 bridgehead atoms. The summed E-state index contributed by atoms with van der Waals surface area (Å²) < 4.78 is 5.61. The highest BCUT2D eigenvalue weighted by Crippen LogP contribution is 2.30. The summed E-state index contributed by atoms with van der Waals surface area (Å²) in [5.41, 5.74) is 8.79. The first kappa shape index (κ1) is 14.8. The van der Waals surface area contributed by atoms with Crippen LogP contribution in [-0.2, 0) is 6.42 Å². The maximum Gasteiger partial charge on any atom is 0.122 e. The maximum atomic E-state index is 6.11.